The number of fused-ring (bicyclic) bond motifs is 1. The molecule has 9 heteroatoms. The molecule has 1 amide bonds. The summed E-state index contributed by atoms with van der Waals surface area (Å²) >= 11 is 0. The average Bonchev–Trinajstić information content (AvgIpc) is 3.22. The SMILES string of the molecule is CC(=O)Nc1ccc(Nc2nc(-c3c(C)noc3C)nc3nc[nH]c23)cc1. The number of hydrogen-bond acceptors (Lipinski definition) is 7. The highest BCUT2D eigenvalue weighted by Gasteiger charge is 2.18. The molecule has 3 N–H and O–H groups in total. The number of anilines is 3. The zero-order chi connectivity index (χ0) is 19.0. The lowest BCUT2D eigenvalue weighted by atomic mass is 10.2. The third kappa shape index (κ3) is 3.22. The molecule has 0 radical (unpaired) electrons. The van der Waals surface area contributed by atoms with Gasteiger partial charge in [-0.25, -0.2) is 15.0 Å². The lowest BCUT2D eigenvalue weighted by Crippen LogP contribution is -2.05. The standard InChI is InChI=1S/C18H17N7O2/c1-9-14(10(2)27-25-9)16-23-17-15(19-8-20-17)18(24-16)22-13-6-4-12(5-7-13)21-11(3)26/h4-8H,1-3H3,(H,21,26)(H2,19,20,22,23,24). The third-order valence-corrected chi connectivity index (χ3v) is 4.01. The van der Waals surface area contributed by atoms with Crippen molar-refractivity contribution in [2.75, 3.05) is 10.6 Å². The van der Waals surface area contributed by atoms with E-state index in [9.17, 15) is 4.79 Å². The Bertz CT molecular complexity index is 1110. The van der Waals surface area contributed by atoms with Crippen LogP contribution in [0.2, 0.25) is 0 Å². The fourth-order valence-corrected chi connectivity index (χ4v) is 2.81. The third-order valence-electron chi connectivity index (χ3n) is 4.01. The van der Waals surface area contributed by atoms with E-state index < -0.39 is 0 Å². The number of H-pyrrole nitrogens is 1. The maximum Gasteiger partial charge on any atom is 0.221 e. The van der Waals surface area contributed by atoms with Gasteiger partial charge in [-0.15, -0.1) is 0 Å². The van der Waals surface area contributed by atoms with E-state index in [0.29, 0.717) is 34.3 Å². The Morgan fingerprint density at radius 3 is 2.52 bits per heavy atom. The van der Waals surface area contributed by atoms with Crippen LogP contribution in [0.5, 0.6) is 0 Å². The fraction of sp³-hybridized carbons (Fsp3) is 0.167. The number of aryl methyl sites for hydroxylation is 2. The first-order chi connectivity index (χ1) is 13.0. The molecule has 3 heterocycles. The van der Waals surface area contributed by atoms with Crippen molar-refractivity contribution >= 4 is 34.3 Å². The number of carbonyl (C=O) groups is 1. The molecule has 0 atom stereocenters. The van der Waals surface area contributed by atoms with Gasteiger partial charge in [-0.1, -0.05) is 5.16 Å². The number of amides is 1. The van der Waals surface area contributed by atoms with Gasteiger partial charge in [-0.2, -0.15) is 0 Å². The summed E-state index contributed by atoms with van der Waals surface area (Å²) in [6.07, 6.45) is 1.57. The van der Waals surface area contributed by atoms with E-state index in [0.717, 1.165) is 16.9 Å². The molecule has 3 aromatic heterocycles. The van der Waals surface area contributed by atoms with Crippen LogP contribution >= 0.6 is 0 Å². The molecular formula is C18H17N7O2. The van der Waals surface area contributed by atoms with Gasteiger partial charge in [0.15, 0.2) is 17.3 Å². The van der Waals surface area contributed by atoms with E-state index in [-0.39, 0.29) is 5.91 Å². The van der Waals surface area contributed by atoms with Crippen molar-refractivity contribution in [1.82, 2.24) is 25.1 Å². The Balaban J connectivity index is 1.73. The number of nitrogens with one attached hydrogen (secondary N) is 3. The van der Waals surface area contributed by atoms with Gasteiger partial charge in [-0.05, 0) is 38.1 Å². The molecule has 0 bridgehead atoms. The van der Waals surface area contributed by atoms with Gasteiger partial charge < -0.3 is 20.1 Å². The van der Waals surface area contributed by atoms with Crippen LogP contribution in [0.3, 0.4) is 0 Å². The molecule has 0 unspecified atom stereocenters. The number of aromatic nitrogens is 5. The van der Waals surface area contributed by atoms with Crippen LogP contribution in [0.1, 0.15) is 18.4 Å². The Hall–Kier alpha value is -3.75. The van der Waals surface area contributed by atoms with Gasteiger partial charge in [0, 0.05) is 18.3 Å². The molecule has 0 saturated heterocycles. The number of hydrogen-bond donors (Lipinski definition) is 3. The molecule has 0 spiro atoms. The van der Waals surface area contributed by atoms with Crippen LogP contribution < -0.4 is 10.6 Å². The highest BCUT2D eigenvalue weighted by atomic mass is 16.5. The first kappa shape index (κ1) is 16.7. The monoisotopic (exact) mass is 363 g/mol. The van der Waals surface area contributed by atoms with Gasteiger partial charge in [-0.3, -0.25) is 4.79 Å². The highest BCUT2D eigenvalue weighted by molar-refractivity contribution is 5.89. The van der Waals surface area contributed by atoms with E-state index in [2.05, 4.69) is 35.7 Å². The van der Waals surface area contributed by atoms with E-state index in [1.807, 2.05) is 38.1 Å². The summed E-state index contributed by atoms with van der Waals surface area (Å²) in [7, 11) is 0. The molecule has 9 nitrogen and oxygen atoms in total. The molecule has 0 aliphatic rings. The second-order valence-corrected chi connectivity index (χ2v) is 6.08. The predicted molar refractivity (Wildman–Crippen MR) is 101 cm³/mol. The quantitative estimate of drug-likeness (QED) is 0.508. The Labute approximate surface area is 154 Å². The van der Waals surface area contributed by atoms with E-state index in [1.165, 1.54) is 6.92 Å². The van der Waals surface area contributed by atoms with Crippen LogP contribution in [-0.2, 0) is 4.79 Å². The largest absolute Gasteiger partial charge is 0.361 e. The molecular weight excluding hydrogens is 346 g/mol. The smallest absolute Gasteiger partial charge is 0.221 e. The van der Waals surface area contributed by atoms with Gasteiger partial charge >= 0.3 is 0 Å². The van der Waals surface area contributed by atoms with Gasteiger partial charge in [0.2, 0.25) is 5.91 Å². The minimum absolute atomic E-state index is 0.116. The zero-order valence-corrected chi connectivity index (χ0v) is 15.0. The summed E-state index contributed by atoms with van der Waals surface area (Å²) in [6, 6.07) is 7.32. The summed E-state index contributed by atoms with van der Waals surface area (Å²) in [5.74, 6) is 1.60. The molecule has 0 fully saturated rings. The van der Waals surface area contributed by atoms with Crippen LogP contribution in [0, 0.1) is 13.8 Å². The van der Waals surface area contributed by atoms with E-state index in [1.54, 1.807) is 6.33 Å². The highest BCUT2D eigenvalue weighted by Crippen LogP contribution is 2.29. The van der Waals surface area contributed by atoms with Crippen LogP contribution in [-0.4, -0.2) is 31.0 Å². The van der Waals surface area contributed by atoms with Crippen LogP contribution in [0.4, 0.5) is 17.2 Å². The zero-order valence-electron chi connectivity index (χ0n) is 15.0. The molecule has 0 aliphatic heterocycles. The Kier molecular flexibility index (Phi) is 4.03. The maximum absolute atomic E-state index is 11.1. The summed E-state index contributed by atoms with van der Waals surface area (Å²) in [4.78, 5) is 27.6. The first-order valence-corrected chi connectivity index (χ1v) is 8.30. The first-order valence-electron chi connectivity index (χ1n) is 8.30. The summed E-state index contributed by atoms with van der Waals surface area (Å²) in [5, 5.41) is 9.97. The summed E-state index contributed by atoms with van der Waals surface area (Å²) in [6.45, 7) is 5.14. The van der Waals surface area contributed by atoms with Crippen molar-refractivity contribution in [3.63, 3.8) is 0 Å². The van der Waals surface area contributed by atoms with Crippen LogP contribution in [0.15, 0.2) is 35.1 Å². The predicted octanol–water partition coefficient (Wildman–Crippen LogP) is 3.33. The van der Waals surface area contributed by atoms with Crippen LogP contribution in [0.25, 0.3) is 22.6 Å². The Morgan fingerprint density at radius 1 is 1.11 bits per heavy atom. The number of imidazole rings is 1. The van der Waals surface area contributed by atoms with Crippen molar-refractivity contribution in [1.29, 1.82) is 0 Å². The number of aromatic amines is 1. The van der Waals surface area contributed by atoms with Crippen molar-refractivity contribution in [2.24, 2.45) is 0 Å². The number of rotatable bonds is 4. The van der Waals surface area contributed by atoms with Crippen molar-refractivity contribution < 1.29 is 9.32 Å². The van der Waals surface area contributed by atoms with Gasteiger partial charge in [0.25, 0.3) is 0 Å². The minimum Gasteiger partial charge on any atom is -0.361 e. The number of benzene rings is 1. The van der Waals surface area contributed by atoms with Gasteiger partial charge in [0.05, 0.1) is 17.6 Å². The Morgan fingerprint density at radius 2 is 1.85 bits per heavy atom. The van der Waals surface area contributed by atoms with Crippen molar-refractivity contribution in [2.45, 2.75) is 20.8 Å². The lowest BCUT2D eigenvalue weighted by Gasteiger charge is -2.09. The topological polar surface area (TPSA) is 122 Å². The number of carbonyl (C=O) groups excluding carboxylic acids is 1. The molecule has 4 rings (SSSR count). The summed E-state index contributed by atoms with van der Waals surface area (Å²) in [5.41, 5.74) is 4.23. The van der Waals surface area contributed by atoms with Crippen molar-refractivity contribution in [3.05, 3.63) is 42.0 Å². The molecule has 0 saturated carbocycles. The minimum atomic E-state index is -0.116. The number of nitrogens with zero attached hydrogens (tertiary/aromatic N) is 4. The van der Waals surface area contributed by atoms with E-state index in [4.69, 9.17) is 4.52 Å². The normalized spacial score (nSPS) is 10.9. The molecule has 4 aromatic rings. The lowest BCUT2D eigenvalue weighted by molar-refractivity contribution is -0.114. The van der Waals surface area contributed by atoms with E-state index >= 15 is 0 Å². The summed E-state index contributed by atoms with van der Waals surface area (Å²) < 4.78 is 5.23. The molecule has 27 heavy (non-hydrogen) atoms. The maximum atomic E-state index is 11.1. The van der Waals surface area contributed by atoms with Gasteiger partial charge in [0.1, 0.15) is 11.3 Å². The average molecular weight is 363 g/mol. The second kappa shape index (κ2) is 6.52. The second-order valence-electron chi connectivity index (χ2n) is 6.08. The molecule has 0 aliphatic carbocycles. The molecule has 1 aromatic carbocycles. The fourth-order valence-electron chi connectivity index (χ4n) is 2.81. The molecule has 136 valence electrons. The van der Waals surface area contributed by atoms with Crippen molar-refractivity contribution in [3.8, 4) is 11.4 Å².